The molecule has 2 rings (SSSR count). The SMILES string of the molecule is CCC1(C)CCn2ncc(C)c21. The van der Waals surface area contributed by atoms with Crippen molar-refractivity contribution in [2.75, 3.05) is 0 Å². The topological polar surface area (TPSA) is 17.8 Å². The normalized spacial score (nSPS) is 27.6. The van der Waals surface area contributed by atoms with Crippen LogP contribution in [0.15, 0.2) is 6.20 Å². The monoisotopic (exact) mass is 164 g/mol. The number of aryl methyl sites for hydroxylation is 2. The Morgan fingerprint density at radius 1 is 1.67 bits per heavy atom. The molecule has 0 bridgehead atoms. The highest BCUT2D eigenvalue weighted by molar-refractivity contribution is 5.27. The van der Waals surface area contributed by atoms with Crippen LogP contribution >= 0.6 is 0 Å². The van der Waals surface area contributed by atoms with Crippen molar-refractivity contribution in [3.8, 4) is 0 Å². The molecule has 1 aliphatic rings. The van der Waals surface area contributed by atoms with Gasteiger partial charge in [-0.1, -0.05) is 13.8 Å². The molecule has 1 atom stereocenters. The Labute approximate surface area is 73.6 Å². The van der Waals surface area contributed by atoms with Crippen LogP contribution < -0.4 is 0 Å². The summed E-state index contributed by atoms with van der Waals surface area (Å²) in [5, 5.41) is 4.36. The van der Waals surface area contributed by atoms with E-state index in [2.05, 4.69) is 30.6 Å². The Kier molecular flexibility index (Phi) is 1.53. The van der Waals surface area contributed by atoms with Crippen LogP contribution in [0.3, 0.4) is 0 Å². The van der Waals surface area contributed by atoms with Gasteiger partial charge in [-0.25, -0.2) is 0 Å². The molecule has 0 amide bonds. The van der Waals surface area contributed by atoms with E-state index in [9.17, 15) is 0 Å². The third-order valence-electron chi connectivity index (χ3n) is 3.25. The molecule has 2 heterocycles. The first-order valence-corrected chi connectivity index (χ1v) is 4.70. The lowest BCUT2D eigenvalue weighted by atomic mass is 9.82. The number of rotatable bonds is 1. The molecule has 2 heteroatoms. The maximum atomic E-state index is 4.36. The maximum absolute atomic E-state index is 4.36. The van der Waals surface area contributed by atoms with E-state index in [-0.39, 0.29) is 0 Å². The van der Waals surface area contributed by atoms with Crippen molar-refractivity contribution < 1.29 is 0 Å². The average molecular weight is 164 g/mol. The molecule has 1 aliphatic heterocycles. The molecule has 0 saturated carbocycles. The molecule has 0 fully saturated rings. The molecule has 66 valence electrons. The minimum absolute atomic E-state index is 0.389. The Hall–Kier alpha value is -0.790. The van der Waals surface area contributed by atoms with E-state index in [1.54, 1.807) is 0 Å². The molecule has 12 heavy (non-hydrogen) atoms. The highest BCUT2D eigenvalue weighted by atomic mass is 15.3. The zero-order valence-electron chi connectivity index (χ0n) is 8.09. The second-order valence-electron chi connectivity index (χ2n) is 4.06. The van der Waals surface area contributed by atoms with Gasteiger partial charge in [-0.2, -0.15) is 5.10 Å². The van der Waals surface area contributed by atoms with E-state index in [1.807, 2.05) is 6.20 Å². The minimum atomic E-state index is 0.389. The molecule has 0 radical (unpaired) electrons. The first-order chi connectivity index (χ1) is 5.67. The van der Waals surface area contributed by atoms with Gasteiger partial charge in [0.05, 0.1) is 6.20 Å². The van der Waals surface area contributed by atoms with Gasteiger partial charge in [0.15, 0.2) is 0 Å². The number of fused-ring (bicyclic) bond motifs is 1. The predicted molar refractivity (Wildman–Crippen MR) is 49.2 cm³/mol. The Morgan fingerprint density at radius 2 is 2.42 bits per heavy atom. The zero-order valence-corrected chi connectivity index (χ0v) is 8.09. The van der Waals surface area contributed by atoms with Crippen molar-refractivity contribution in [2.45, 2.75) is 45.6 Å². The van der Waals surface area contributed by atoms with Gasteiger partial charge in [-0.15, -0.1) is 0 Å². The molecular formula is C10H16N2. The third-order valence-corrected chi connectivity index (χ3v) is 3.25. The standard InChI is InChI=1S/C10H16N2/c1-4-10(3)5-6-12-9(10)8(2)7-11-12/h7H,4-6H2,1-3H3. The molecule has 0 spiro atoms. The van der Waals surface area contributed by atoms with E-state index in [0.717, 1.165) is 6.54 Å². The van der Waals surface area contributed by atoms with E-state index < -0.39 is 0 Å². The summed E-state index contributed by atoms with van der Waals surface area (Å²) in [6.45, 7) is 7.88. The van der Waals surface area contributed by atoms with Gasteiger partial charge in [0, 0.05) is 17.7 Å². The molecule has 0 saturated heterocycles. The fraction of sp³-hybridized carbons (Fsp3) is 0.700. The molecule has 1 aromatic heterocycles. The number of hydrogen-bond acceptors (Lipinski definition) is 1. The summed E-state index contributed by atoms with van der Waals surface area (Å²) in [4.78, 5) is 0. The van der Waals surface area contributed by atoms with Crippen LogP contribution in [0.2, 0.25) is 0 Å². The lowest BCUT2D eigenvalue weighted by Crippen LogP contribution is -2.17. The van der Waals surface area contributed by atoms with Crippen molar-refractivity contribution in [2.24, 2.45) is 0 Å². The molecule has 2 nitrogen and oxygen atoms in total. The molecule has 1 aromatic rings. The summed E-state index contributed by atoms with van der Waals surface area (Å²) >= 11 is 0. The van der Waals surface area contributed by atoms with Crippen LogP contribution in [0.25, 0.3) is 0 Å². The Morgan fingerprint density at radius 3 is 3.08 bits per heavy atom. The second kappa shape index (κ2) is 2.35. The van der Waals surface area contributed by atoms with Crippen LogP contribution in [0, 0.1) is 6.92 Å². The van der Waals surface area contributed by atoms with Gasteiger partial charge in [0.1, 0.15) is 0 Å². The van der Waals surface area contributed by atoms with Gasteiger partial charge < -0.3 is 0 Å². The summed E-state index contributed by atoms with van der Waals surface area (Å²) in [6, 6.07) is 0. The van der Waals surface area contributed by atoms with E-state index in [1.165, 1.54) is 24.1 Å². The van der Waals surface area contributed by atoms with Crippen molar-refractivity contribution in [1.29, 1.82) is 0 Å². The lowest BCUT2D eigenvalue weighted by molar-refractivity contribution is 0.450. The van der Waals surface area contributed by atoms with Crippen molar-refractivity contribution in [3.05, 3.63) is 17.5 Å². The summed E-state index contributed by atoms with van der Waals surface area (Å²) in [5.74, 6) is 0. The molecule has 0 aliphatic carbocycles. The molecular weight excluding hydrogens is 148 g/mol. The summed E-state index contributed by atoms with van der Waals surface area (Å²) in [6.07, 6.45) is 4.47. The number of nitrogens with zero attached hydrogens (tertiary/aromatic N) is 2. The summed E-state index contributed by atoms with van der Waals surface area (Å²) in [5.41, 5.74) is 3.21. The minimum Gasteiger partial charge on any atom is -0.269 e. The quantitative estimate of drug-likeness (QED) is 0.622. The predicted octanol–water partition coefficient (Wildman–Crippen LogP) is 2.26. The lowest BCUT2D eigenvalue weighted by Gasteiger charge is -2.21. The van der Waals surface area contributed by atoms with Crippen LogP contribution in [0.5, 0.6) is 0 Å². The highest BCUT2D eigenvalue weighted by Crippen LogP contribution is 2.38. The van der Waals surface area contributed by atoms with Crippen molar-refractivity contribution >= 4 is 0 Å². The summed E-state index contributed by atoms with van der Waals surface area (Å²) < 4.78 is 2.17. The van der Waals surface area contributed by atoms with Crippen LogP contribution in [0.4, 0.5) is 0 Å². The molecule has 0 N–H and O–H groups in total. The van der Waals surface area contributed by atoms with Gasteiger partial charge in [-0.3, -0.25) is 4.68 Å². The molecule has 1 unspecified atom stereocenters. The number of hydrogen-bond donors (Lipinski definition) is 0. The smallest absolute Gasteiger partial charge is 0.0522 e. The van der Waals surface area contributed by atoms with E-state index in [0.29, 0.717) is 5.41 Å². The van der Waals surface area contributed by atoms with Crippen LogP contribution in [-0.4, -0.2) is 9.78 Å². The highest BCUT2D eigenvalue weighted by Gasteiger charge is 2.35. The van der Waals surface area contributed by atoms with Crippen molar-refractivity contribution in [3.63, 3.8) is 0 Å². The number of aromatic nitrogens is 2. The third kappa shape index (κ3) is 0.838. The van der Waals surface area contributed by atoms with E-state index >= 15 is 0 Å². The Balaban J connectivity index is 2.53. The first-order valence-electron chi connectivity index (χ1n) is 4.70. The van der Waals surface area contributed by atoms with Crippen molar-refractivity contribution in [1.82, 2.24) is 9.78 Å². The fourth-order valence-corrected chi connectivity index (χ4v) is 2.25. The second-order valence-corrected chi connectivity index (χ2v) is 4.06. The largest absolute Gasteiger partial charge is 0.269 e. The molecule has 0 aromatic carbocycles. The van der Waals surface area contributed by atoms with Gasteiger partial charge in [0.25, 0.3) is 0 Å². The van der Waals surface area contributed by atoms with Crippen LogP contribution in [0.1, 0.15) is 37.9 Å². The average Bonchev–Trinajstić information content (AvgIpc) is 2.57. The van der Waals surface area contributed by atoms with Gasteiger partial charge in [-0.05, 0) is 25.3 Å². The maximum Gasteiger partial charge on any atom is 0.0522 e. The first kappa shape index (κ1) is 7.84. The van der Waals surface area contributed by atoms with Crippen LogP contribution in [-0.2, 0) is 12.0 Å². The Bertz CT molecular complexity index is 301. The zero-order chi connectivity index (χ0) is 8.77. The van der Waals surface area contributed by atoms with E-state index in [4.69, 9.17) is 0 Å². The van der Waals surface area contributed by atoms with Gasteiger partial charge in [0.2, 0.25) is 0 Å². The summed E-state index contributed by atoms with van der Waals surface area (Å²) in [7, 11) is 0. The fourth-order valence-electron chi connectivity index (χ4n) is 2.25. The van der Waals surface area contributed by atoms with Gasteiger partial charge >= 0.3 is 0 Å².